The van der Waals surface area contributed by atoms with Crippen LogP contribution >= 0.6 is 11.8 Å². The summed E-state index contributed by atoms with van der Waals surface area (Å²) < 4.78 is 1.92. The molecule has 0 bridgehead atoms. The van der Waals surface area contributed by atoms with E-state index >= 15 is 0 Å². The van der Waals surface area contributed by atoms with Gasteiger partial charge < -0.3 is 15.2 Å². The Labute approximate surface area is 150 Å². The summed E-state index contributed by atoms with van der Waals surface area (Å²) in [5, 5.41) is 14.4. The largest absolute Gasteiger partial charge is 0.349 e. The van der Waals surface area contributed by atoms with Crippen LogP contribution in [0.4, 0.5) is 5.69 Å². The van der Waals surface area contributed by atoms with Crippen LogP contribution in [0.1, 0.15) is 43.1 Å². The molecule has 0 aliphatic heterocycles. The van der Waals surface area contributed by atoms with Crippen LogP contribution < -0.4 is 10.6 Å². The molecule has 25 heavy (non-hydrogen) atoms. The average molecular weight is 359 g/mol. The standard InChI is InChI=1S/C17H21N5O2S/c1-11(2)22-10-18-21-17(22)25-9-15(23)19-14-5-3-4-12(8-14)16(24)20-13-6-7-13/h3-5,8,10-11,13H,6-7,9H2,1-2H3,(H,19,23)(H,20,24). The molecule has 7 nitrogen and oxygen atoms in total. The first-order valence-electron chi connectivity index (χ1n) is 8.26. The highest BCUT2D eigenvalue weighted by Crippen LogP contribution is 2.21. The SMILES string of the molecule is CC(C)n1cnnc1SCC(=O)Nc1cccc(C(=O)NC2CC2)c1. The van der Waals surface area contributed by atoms with E-state index in [2.05, 4.69) is 20.8 Å². The average Bonchev–Trinajstić information content (AvgIpc) is 3.26. The third-order valence-electron chi connectivity index (χ3n) is 3.75. The summed E-state index contributed by atoms with van der Waals surface area (Å²) >= 11 is 1.33. The summed E-state index contributed by atoms with van der Waals surface area (Å²) in [7, 11) is 0. The summed E-state index contributed by atoms with van der Waals surface area (Å²) in [4.78, 5) is 24.2. The van der Waals surface area contributed by atoms with E-state index in [1.807, 2.05) is 18.4 Å². The minimum absolute atomic E-state index is 0.0991. The Balaban J connectivity index is 1.55. The number of hydrogen-bond donors (Lipinski definition) is 2. The Kier molecular flexibility index (Phi) is 5.37. The highest BCUT2D eigenvalue weighted by atomic mass is 32.2. The quantitative estimate of drug-likeness (QED) is 0.742. The summed E-state index contributed by atoms with van der Waals surface area (Å²) in [5.74, 6) is -0.0229. The van der Waals surface area contributed by atoms with Crippen molar-refractivity contribution in [3.8, 4) is 0 Å². The van der Waals surface area contributed by atoms with Crippen molar-refractivity contribution >= 4 is 29.3 Å². The maximum atomic E-state index is 12.2. The van der Waals surface area contributed by atoms with Gasteiger partial charge in [0.25, 0.3) is 5.91 Å². The third kappa shape index (κ3) is 4.82. The van der Waals surface area contributed by atoms with E-state index in [1.165, 1.54) is 11.8 Å². The summed E-state index contributed by atoms with van der Waals surface area (Å²) in [5.41, 5.74) is 1.16. The first kappa shape index (κ1) is 17.5. The molecule has 2 amide bonds. The second kappa shape index (κ2) is 7.69. The molecule has 1 heterocycles. The number of hydrogen-bond acceptors (Lipinski definition) is 5. The number of anilines is 1. The van der Waals surface area contributed by atoms with Crippen molar-refractivity contribution in [2.75, 3.05) is 11.1 Å². The predicted octanol–water partition coefficient (Wildman–Crippen LogP) is 2.48. The molecule has 0 radical (unpaired) electrons. The molecule has 0 saturated heterocycles. The molecular formula is C17H21N5O2S. The van der Waals surface area contributed by atoms with Gasteiger partial charge in [0.15, 0.2) is 5.16 Å². The fourth-order valence-corrected chi connectivity index (χ4v) is 3.10. The summed E-state index contributed by atoms with van der Waals surface area (Å²) in [6, 6.07) is 7.51. The molecule has 1 fully saturated rings. The van der Waals surface area contributed by atoms with Gasteiger partial charge in [-0.1, -0.05) is 17.8 Å². The smallest absolute Gasteiger partial charge is 0.251 e. The van der Waals surface area contributed by atoms with Crippen molar-refractivity contribution < 1.29 is 9.59 Å². The van der Waals surface area contributed by atoms with Gasteiger partial charge in [-0.25, -0.2) is 0 Å². The zero-order chi connectivity index (χ0) is 17.8. The maximum Gasteiger partial charge on any atom is 0.251 e. The molecule has 2 N–H and O–H groups in total. The Hall–Kier alpha value is -2.35. The Morgan fingerprint density at radius 1 is 1.36 bits per heavy atom. The fourth-order valence-electron chi connectivity index (χ4n) is 2.25. The van der Waals surface area contributed by atoms with E-state index in [9.17, 15) is 9.59 Å². The number of carbonyl (C=O) groups excluding carboxylic acids is 2. The highest BCUT2D eigenvalue weighted by molar-refractivity contribution is 7.99. The van der Waals surface area contributed by atoms with Crippen LogP contribution in [0.2, 0.25) is 0 Å². The normalized spacial score (nSPS) is 13.7. The molecule has 3 rings (SSSR count). The van der Waals surface area contributed by atoms with Crippen LogP contribution in [0.5, 0.6) is 0 Å². The molecule has 0 atom stereocenters. The van der Waals surface area contributed by atoms with Gasteiger partial charge in [-0.2, -0.15) is 0 Å². The zero-order valence-electron chi connectivity index (χ0n) is 14.2. The van der Waals surface area contributed by atoms with Crippen LogP contribution in [0, 0.1) is 0 Å². The van der Waals surface area contributed by atoms with Crippen molar-refractivity contribution in [3.63, 3.8) is 0 Å². The molecule has 1 aliphatic carbocycles. The molecule has 8 heteroatoms. The van der Waals surface area contributed by atoms with Crippen molar-refractivity contribution in [2.24, 2.45) is 0 Å². The first-order valence-corrected chi connectivity index (χ1v) is 9.24. The topological polar surface area (TPSA) is 88.9 Å². The van der Waals surface area contributed by atoms with Gasteiger partial charge in [-0.3, -0.25) is 9.59 Å². The number of thioether (sulfide) groups is 1. The van der Waals surface area contributed by atoms with E-state index in [0.29, 0.717) is 22.4 Å². The predicted molar refractivity (Wildman–Crippen MR) is 96.7 cm³/mol. The Morgan fingerprint density at radius 2 is 2.16 bits per heavy atom. The van der Waals surface area contributed by atoms with Gasteiger partial charge in [-0.15, -0.1) is 10.2 Å². The molecule has 1 aliphatic rings. The molecular weight excluding hydrogens is 338 g/mol. The Morgan fingerprint density at radius 3 is 2.88 bits per heavy atom. The maximum absolute atomic E-state index is 12.2. The molecule has 0 spiro atoms. The van der Waals surface area contributed by atoms with Crippen LogP contribution in [0.25, 0.3) is 0 Å². The highest BCUT2D eigenvalue weighted by Gasteiger charge is 2.23. The Bertz CT molecular complexity index is 770. The van der Waals surface area contributed by atoms with E-state index in [-0.39, 0.29) is 23.6 Å². The van der Waals surface area contributed by atoms with Crippen LogP contribution in [0.15, 0.2) is 35.7 Å². The number of amides is 2. The number of nitrogens with one attached hydrogen (secondary N) is 2. The number of carbonyl (C=O) groups is 2. The number of rotatable bonds is 7. The summed E-state index contributed by atoms with van der Waals surface area (Å²) in [6.07, 6.45) is 3.74. The van der Waals surface area contributed by atoms with Gasteiger partial charge in [0.05, 0.1) is 5.75 Å². The van der Waals surface area contributed by atoms with Crippen molar-refractivity contribution in [2.45, 2.75) is 43.9 Å². The van der Waals surface area contributed by atoms with Gasteiger partial charge >= 0.3 is 0 Å². The van der Waals surface area contributed by atoms with Crippen molar-refractivity contribution in [1.82, 2.24) is 20.1 Å². The lowest BCUT2D eigenvalue weighted by Gasteiger charge is -2.10. The van der Waals surface area contributed by atoms with Crippen molar-refractivity contribution in [1.29, 1.82) is 0 Å². The zero-order valence-corrected chi connectivity index (χ0v) is 15.0. The van der Waals surface area contributed by atoms with E-state index in [4.69, 9.17) is 0 Å². The van der Waals surface area contributed by atoms with Gasteiger partial charge in [0.2, 0.25) is 5.91 Å². The summed E-state index contributed by atoms with van der Waals surface area (Å²) in [6.45, 7) is 4.07. The number of nitrogens with zero attached hydrogens (tertiary/aromatic N) is 3. The number of benzene rings is 1. The number of aromatic nitrogens is 3. The lowest BCUT2D eigenvalue weighted by atomic mass is 10.2. The molecule has 132 valence electrons. The molecule has 1 aromatic carbocycles. The van der Waals surface area contributed by atoms with Crippen molar-refractivity contribution in [3.05, 3.63) is 36.2 Å². The van der Waals surface area contributed by atoms with Gasteiger partial charge in [0, 0.05) is 23.3 Å². The molecule has 1 aromatic heterocycles. The van der Waals surface area contributed by atoms with Crippen LogP contribution in [-0.4, -0.2) is 38.4 Å². The minimum Gasteiger partial charge on any atom is -0.349 e. The first-order chi connectivity index (χ1) is 12.0. The van der Waals surface area contributed by atoms with E-state index in [0.717, 1.165) is 12.8 Å². The van der Waals surface area contributed by atoms with Crippen LogP contribution in [0.3, 0.4) is 0 Å². The van der Waals surface area contributed by atoms with E-state index in [1.54, 1.807) is 30.6 Å². The fraction of sp³-hybridized carbons (Fsp3) is 0.412. The minimum atomic E-state index is -0.150. The molecule has 1 saturated carbocycles. The lowest BCUT2D eigenvalue weighted by Crippen LogP contribution is -2.25. The monoisotopic (exact) mass is 359 g/mol. The lowest BCUT2D eigenvalue weighted by molar-refractivity contribution is -0.113. The molecule has 2 aromatic rings. The van der Waals surface area contributed by atoms with Gasteiger partial charge in [-0.05, 0) is 44.9 Å². The van der Waals surface area contributed by atoms with Crippen LogP contribution in [-0.2, 0) is 4.79 Å². The van der Waals surface area contributed by atoms with E-state index < -0.39 is 0 Å². The third-order valence-corrected chi connectivity index (χ3v) is 4.71. The molecule has 0 unspecified atom stereocenters. The second-order valence-electron chi connectivity index (χ2n) is 6.28. The van der Waals surface area contributed by atoms with Gasteiger partial charge in [0.1, 0.15) is 6.33 Å². The second-order valence-corrected chi connectivity index (χ2v) is 7.22.